The van der Waals surface area contributed by atoms with E-state index in [4.69, 9.17) is 5.73 Å². The van der Waals surface area contributed by atoms with Crippen molar-refractivity contribution < 1.29 is 5.11 Å². The Morgan fingerprint density at radius 3 is 2.62 bits per heavy atom. The molecular formula is C14H23NO. The number of aryl methyl sites for hydroxylation is 1. The molecule has 0 aromatic heterocycles. The minimum atomic E-state index is -0.430. The van der Waals surface area contributed by atoms with Crippen molar-refractivity contribution in [3.05, 3.63) is 34.9 Å². The predicted octanol–water partition coefficient (Wildman–Crippen LogP) is 2.85. The fourth-order valence-corrected chi connectivity index (χ4v) is 1.93. The average molecular weight is 221 g/mol. The Bertz CT molecular complexity index is 336. The van der Waals surface area contributed by atoms with Gasteiger partial charge in [-0.2, -0.15) is 0 Å². The molecule has 0 aliphatic carbocycles. The molecule has 16 heavy (non-hydrogen) atoms. The van der Waals surface area contributed by atoms with Crippen LogP contribution in [0.5, 0.6) is 0 Å². The van der Waals surface area contributed by atoms with Crippen LogP contribution >= 0.6 is 0 Å². The molecule has 1 aromatic carbocycles. The van der Waals surface area contributed by atoms with Gasteiger partial charge in [0.25, 0.3) is 0 Å². The molecular weight excluding hydrogens is 198 g/mol. The second-order valence-corrected chi connectivity index (χ2v) is 4.52. The number of benzene rings is 1. The van der Waals surface area contributed by atoms with Crippen molar-refractivity contribution in [1.82, 2.24) is 0 Å². The highest BCUT2D eigenvalue weighted by Gasteiger charge is 2.18. The lowest BCUT2D eigenvalue weighted by Crippen LogP contribution is -2.27. The van der Waals surface area contributed by atoms with Gasteiger partial charge in [-0.1, -0.05) is 38.0 Å². The Kier molecular flexibility index (Phi) is 4.97. The summed E-state index contributed by atoms with van der Waals surface area (Å²) >= 11 is 0. The molecule has 0 amide bonds. The van der Waals surface area contributed by atoms with E-state index in [2.05, 4.69) is 26.8 Å². The first-order chi connectivity index (χ1) is 7.57. The monoisotopic (exact) mass is 221 g/mol. The van der Waals surface area contributed by atoms with Crippen LogP contribution in [0.3, 0.4) is 0 Å². The SMILES string of the molecule is CCCC[C@@H](O)[C@@H](N)c1cccc(C)c1C. The Morgan fingerprint density at radius 2 is 2.00 bits per heavy atom. The van der Waals surface area contributed by atoms with Gasteiger partial charge in [-0.25, -0.2) is 0 Å². The Morgan fingerprint density at radius 1 is 1.31 bits per heavy atom. The normalized spacial score (nSPS) is 14.8. The molecule has 2 atom stereocenters. The number of nitrogens with two attached hydrogens (primary N) is 1. The van der Waals surface area contributed by atoms with Gasteiger partial charge >= 0.3 is 0 Å². The lowest BCUT2D eigenvalue weighted by atomic mass is 9.93. The molecule has 0 saturated heterocycles. The molecule has 0 saturated carbocycles. The van der Waals surface area contributed by atoms with Crippen LogP contribution in [0.15, 0.2) is 18.2 Å². The van der Waals surface area contributed by atoms with E-state index in [-0.39, 0.29) is 6.04 Å². The molecule has 0 aliphatic heterocycles. The van der Waals surface area contributed by atoms with Crippen LogP contribution in [0.25, 0.3) is 0 Å². The summed E-state index contributed by atoms with van der Waals surface area (Å²) in [6, 6.07) is 5.84. The molecule has 1 aromatic rings. The molecule has 0 spiro atoms. The van der Waals surface area contributed by atoms with Crippen LogP contribution in [0, 0.1) is 13.8 Å². The number of aliphatic hydroxyl groups excluding tert-OH is 1. The standard InChI is InChI=1S/C14H23NO/c1-4-5-9-13(16)14(15)12-8-6-7-10(2)11(12)3/h6-8,13-14,16H,4-5,9,15H2,1-3H3/t13-,14+/m1/s1. The maximum Gasteiger partial charge on any atom is 0.0732 e. The van der Waals surface area contributed by atoms with Gasteiger partial charge in [-0.15, -0.1) is 0 Å². The molecule has 0 bridgehead atoms. The quantitative estimate of drug-likeness (QED) is 0.803. The molecule has 2 nitrogen and oxygen atoms in total. The van der Waals surface area contributed by atoms with E-state index >= 15 is 0 Å². The van der Waals surface area contributed by atoms with E-state index in [0.717, 1.165) is 24.8 Å². The number of hydrogen-bond acceptors (Lipinski definition) is 2. The second-order valence-electron chi connectivity index (χ2n) is 4.52. The largest absolute Gasteiger partial charge is 0.391 e. The summed E-state index contributed by atoms with van der Waals surface area (Å²) in [5, 5.41) is 9.99. The van der Waals surface area contributed by atoms with E-state index in [1.54, 1.807) is 0 Å². The highest BCUT2D eigenvalue weighted by molar-refractivity contribution is 5.35. The summed E-state index contributed by atoms with van der Waals surface area (Å²) < 4.78 is 0. The van der Waals surface area contributed by atoms with Gasteiger partial charge < -0.3 is 10.8 Å². The van der Waals surface area contributed by atoms with Crippen LogP contribution in [0.4, 0.5) is 0 Å². The van der Waals surface area contributed by atoms with Gasteiger partial charge in [0.1, 0.15) is 0 Å². The topological polar surface area (TPSA) is 46.2 Å². The third-order valence-corrected chi connectivity index (χ3v) is 3.27. The lowest BCUT2D eigenvalue weighted by molar-refractivity contribution is 0.132. The summed E-state index contributed by atoms with van der Waals surface area (Å²) in [6.07, 6.45) is 2.47. The van der Waals surface area contributed by atoms with Gasteiger partial charge in [0.05, 0.1) is 12.1 Å². The molecule has 0 aliphatic rings. The number of hydrogen-bond donors (Lipinski definition) is 2. The predicted molar refractivity (Wildman–Crippen MR) is 68.4 cm³/mol. The first kappa shape index (κ1) is 13.2. The molecule has 0 fully saturated rings. The van der Waals surface area contributed by atoms with Gasteiger partial charge in [0, 0.05) is 0 Å². The Hall–Kier alpha value is -0.860. The number of aliphatic hydroxyl groups is 1. The molecule has 3 N–H and O–H groups in total. The Labute approximate surface area is 98.5 Å². The highest BCUT2D eigenvalue weighted by Crippen LogP contribution is 2.23. The van der Waals surface area contributed by atoms with E-state index in [1.807, 2.05) is 12.1 Å². The van der Waals surface area contributed by atoms with E-state index in [0.29, 0.717) is 0 Å². The van der Waals surface area contributed by atoms with Crippen molar-refractivity contribution in [3.8, 4) is 0 Å². The summed E-state index contributed by atoms with van der Waals surface area (Å²) in [5.74, 6) is 0. The Balaban J connectivity index is 2.79. The first-order valence-corrected chi connectivity index (χ1v) is 6.07. The van der Waals surface area contributed by atoms with Gasteiger partial charge in [-0.3, -0.25) is 0 Å². The molecule has 0 heterocycles. The average Bonchev–Trinajstić information content (AvgIpc) is 2.28. The van der Waals surface area contributed by atoms with Crippen LogP contribution in [-0.2, 0) is 0 Å². The fourth-order valence-electron chi connectivity index (χ4n) is 1.93. The van der Waals surface area contributed by atoms with Crippen molar-refractivity contribution in [2.75, 3.05) is 0 Å². The number of unbranched alkanes of at least 4 members (excludes halogenated alkanes) is 1. The smallest absolute Gasteiger partial charge is 0.0732 e. The highest BCUT2D eigenvalue weighted by atomic mass is 16.3. The van der Waals surface area contributed by atoms with E-state index in [1.165, 1.54) is 11.1 Å². The third kappa shape index (κ3) is 3.06. The van der Waals surface area contributed by atoms with Crippen molar-refractivity contribution in [3.63, 3.8) is 0 Å². The first-order valence-electron chi connectivity index (χ1n) is 6.07. The van der Waals surface area contributed by atoms with Crippen molar-refractivity contribution in [2.45, 2.75) is 52.2 Å². The minimum Gasteiger partial charge on any atom is -0.391 e. The zero-order valence-corrected chi connectivity index (χ0v) is 10.5. The van der Waals surface area contributed by atoms with E-state index in [9.17, 15) is 5.11 Å². The molecule has 0 unspecified atom stereocenters. The maximum atomic E-state index is 9.99. The van der Waals surface area contributed by atoms with Crippen LogP contribution in [-0.4, -0.2) is 11.2 Å². The molecule has 90 valence electrons. The van der Waals surface area contributed by atoms with E-state index < -0.39 is 6.10 Å². The third-order valence-electron chi connectivity index (χ3n) is 3.27. The second kappa shape index (κ2) is 6.02. The van der Waals surface area contributed by atoms with Gasteiger partial charge in [0.2, 0.25) is 0 Å². The van der Waals surface area contributed by atoms with Crippen molar-refractivity contribution in [1.29, 1.82) is 0 Å². The minimum absolute atomic E-state index is 0.258. The van der Waals surface area contributed by atoms with Crippen molar-refractivity contribution >= 4 is 0 Å². The summed E-state index contributed by atoms with van der Waals surface area (Å²) in [5.41, 5.74) is 9.60. The summed E-state index contributed by atoms with van der Waals surface area (Å²) in [7, 11) is 0. The zero-order valence-electron chi connectivity index (χ0n) is 10.5. The summed E-state index contributed by atoms with van der Waals surface area (Å²) in [6.45, 7) is 6.26. The maximum absolute atomic E-state index is 9.99. The molecule has 0 radical (unpaired) electrons. The fraction of sp³-hybridized carbons (Fsp3) is 0.571. The molecule has 1 rings (SSSR count). The molecule has 2 heteroatoms. The van der Waals surface area contributed by atoms with Crippen LogP contribution in [0.2, 0.25) is 0 Å². The zero-order chi connectivity index (χ0) is 12.1. The van der Waals surface area contributed by atoms with Crippen molar-refractivity contribution in [2.24, 2.45) is 5.73 Å². The number of rotatable bonds is 5. The van der Waals surface area contributed by atoms with Crippen LogP contribution in [0.1, 0.15) is 48.9 Å². The van der Waals surface area contributed by atoms with Crippen LogP contribution < -0.4 is 5.73 Å². The summed E-state index contributed by atoms with van der Waals surface area (Å²) in [4.78, 5) is 0. The van der Waals surface area contributed by atoms with Gasteiger partial charge in [-0.05, 0) is 37.0 Å². The van der Waals surface area contributed by atoms with Gasteiger partial charge in [0.15, 0.2) is 0 Å². The lowest BCUT2D eigenvalue weighted by Gasteiger charge is -2.21.